The van der Waals surface area contributed by atoms with E-state index in [1.165, 1.54) is 0 Å². The van der Waals surface area contributed by atoms with E-state index in [-0.39, 0.29) is 6.42 Å². The first-order valence-electron chi connectivity index (χ1n) is 3.24. The van der Waals surface area contributed by atoms with Gasteiger partial charge in [-0.15, -0.1) is 5.54 Å². The summed E-state index contributed by atoms with van der Waals surface area (Å²) in [6, 6.07) is 0. The van der Waals surface area contributed by atoms with Crippen LogP contribution in [-0.2, 0) is 4.79 Å². The van der Waals surface area contributed by atoms with Crippen LogP contribution in [0.4, 0.5) is 8.78 Å². The highest BCUT2D eigenvalue weighted by Crippen LogP contribution is 2.49. The summed E-state index contributed by atoms with van der Waals surface area (Å²) in [4.78, 5) is 10.3. The standard InChI is InChI=1S/C6H9F2N2O/c7-6(8)2-5(10,3-6)1-4(9)11/h10H,1-3H2,(H2,9,11)/q-1. The van der Waals surface area contributed by atoms with Crippen LogP contribution in [0.5, 0.6) is 0 Å². The van der Waals surface area contributed by atoms with E-state index in [1.54, 1.807) is 0 Å². The molecule has 0 aromatic heterocycles. The number of carbonyl (C=O) groups excluding carboxylic acids is 1. The first-order valence-corrected chi connectivity index (χ1v) is 3.24. The third kappa shape index (κ3) is 1.86. The number of amides is 1. The van der Waals surface area contributed by atoms with E-state index in [1.807, 2.05) is 0 Å². The van der Waals surface area contributed by atoms with Gasteiger partial charge in [-0.25, -0.2) is 8.78 Å². The molecule has 0 radical (unpaired) electrons. The fourth-order valence-corrected chi connectivity index (χ4v) is 1.40. The van der Waals surface area contributed by atoms with Crippen molar-refractivity contribution in [3.8, 4) is 0 Å². The molecule has 64 valence electrons. The number of nitrogens with one attached hydrogen (secondary N) is 1. The van der Waals surface area contributed by atoms with E-state index in [0.29, 0.717) is 0 Å². The fraction of sp³-hybridized carbons (Fsp3) is 0.833. The largest absolute Gasteiger partial charge is 0.671 e. The Morgan fingerprint density at radius 2 is 2.00 bits per heavy atom. The first kappa shape index (κ1) is 8.39. The van der Waals surface area contributed by atoms with Crippen LogP contribution < -0.4 is 5.73 Å². The van der Waals surface area contributed by atoms with E-state index in [0.717, 1.165) is 0 Å². The lowest BCUT2D eigenvalue weighted by molar-refractivity contribution is -0.130. The van der Waals surface area contributed by atoms with Gasteiger partial charge in [0, 0.05) is 6.42 Å². The van der Waals surface area contributed by atoms with Crippen LogP contribution in [0.2, 0.25) is 0 Å². The quantitative estimate of drug-likeness (QED) is 0.650. The highest BCUT2D eigenvalue weighted by atomic mass is 19.3. The highest BCUT2D eigenvalue weighted by molar-refractivity contribution is 5.75. The second-order valence-corrected chi connectivity index (χ2v) is 3.13. The highest BCUT2D eigenvalue weighted by Gasteiger charge is 2.49. The smallest absolute Gasteiger partial charge is 0.245 e. The average molecular weight is 163 g/mol. The molecule has 0 spiro atoms. The van der Waals surface area contributed by atoms with Crippen molar-refractivity contribution >= 4 is 5.91 Å². The molecule has 1 fully saturated rings. The molecule has 1 rings (SSSR count). The topological polar surface area (TPSA) is 66.9 Å². The molecule has 3 nitrogen and oxygen atoms in total. The number of alkyl halides is 2. The van der Waals surface area contributed by atoms with Crippen molar-refractivity contribution in [1.29, 1.82) is 0 Å². The van der Waals surface area contributed by atoms with Crippen LogP contribution >= 0.6 is 0 Å². The molecule has 0 unspecified atom stereocenters. The minimum absolute atomic E-state index is 0.261. The average Bonchev–Trinajstić information content (AvgIpc) is 1.52. The van der Waals surface area contributed by atoms with Crippen molar-refractivity contribution in [2.75, 3.05) is 0 Å². The number of nitrogens with two attached hydrogens (primary N) is 1. The number of carbonyl (C=O) groups is 1. The molecule has 1 saturated carbocycles. The maximum atomic E-state index is 12.2. The second kappa shape index (κ2) is 2.14. The molecule has 1 aliphatic carbocycles. The third-order valence-corrected chi connectivity index (χ3v) is 1.71. The van der Waals surface area contributed by atoms with Gasteiger partial charge in [-0.2, -0.15) is 0 Å². The molecular formula is C6H9F2N2O-. The Labute approximate surface area is 62.7 Å². The zero-order chi connectivity index (χ0) is 8.70. The summed E-state index contributed by atoms with van der Waals surface area (Å²) >= 11 is 0. The van der Waals surface area contributed by atoms with Crippen LogP contribution in [0, 0.1) is 0 Å². The van der Waals surface area contributed by atoms with Crippen LogP contribution in [0.15, 0.2) is 0 Å². The maximum absolute atomic E-state index is 12.2. The van der Waals surface area contributed by atoms with Gasteiger partial charge in [0.2, 0.25) is 11.8 Å². The van der Waals surface area contributed by atoms with E-state index in [4.69, 9.17) is 11.5 Å². The summed E-state index contributed by atoms with van der Waals surface area (Å²) in [7, 11) is 0. The Bertz CT molecular complexity index is 185. The predicted octanol–water partition coefficient (Wildman–Crippen LogP) is 1.08. The minimum Gasteiger partial charge on any atom is -0.671 e. The Hall–Kier alpha value is -0.710. The Balaban J connectivity index is 2.43. The normalized spacial score (nSPS) is 25.7. The maximum Gasteiger partial charge on any atom is 0.245 e. The Morgan fingerprint density at radius 3 is 2.27 bits per heavy atom. The fourth-order valence-electron chi connectivity index (χ4n) is 1.40. The molecule has 5 heteroatoms. The van der Waals surface area contributed by atoms with Gasteiger partial charge in [0.1, 0.15) is 0 Å². The zero-order valence-corrected chi connectivity index (χ0v) is 5.86. The lowest BCUT2D eigenvalue weighted by atomic mass is 9.72. The van der Waals surface area contributed by atoms with Gasteiger partial charge in [0.15, 0.2) is 0 Å². The van der Waals surface area contributed by atoms with E-state index in [9.17, 15) is 13.6 Å². The summed E-state index contributed by atoms with van der Waals surface area (Å²) in [5.41, 5.74) is 10.7. The Kier molecular flexibility index (Phi) is 1.63. The van der Waals surface area contributed by atoms with Crippen molar-refractivity contribution in [2.24, 2.45) is 5.73 Å². The molecule has 0 aromatic carbocycles. The van der Waals surface area contributed by atoms with Crippen molar-refractivity contribution in [1.82, 2.24) is 0 Å². The number of hydrogen-bond donors (Lipinski definition) is 1. The monoisotopic (exact) mass is 163 g/mol. The third-order valence-electron chi connectivity index (χ3n) is 1.71. The molecule has 3 N–H and O–H groups in total. The summed E-state index contributed by atoms with van der Waals surface area (Å²) < 4.78 is 24.4. The van der Waals surface area contributed by atoms with Gasteiger partial charge in [-0.1, -0.05) is 0 Å². The van der Waals surface area contributed by atoms with Crippen LogP contribution in [0.3, 0.4) is 0 Å². The zero-order valence-electron chi connectivity index (χ0n) is 5.86. The summed E-state index contributed by atoms with van der Waals surface area (Å²) in [6.45, 7) is 0. The van der Waals surface area contributed by atoms with Crippen molar-refractivity contribution in [3.05, 3.63) is 5.73 Å². The van der Waals surface area contributed by atoms with Gasteiger partial charge < -0.3 is 11.5 Å². The van der Waals surface area contributed by atoms with Crippen LogP contribution in [-0.4, -0.2) is 17.4 Å². The van der Waals surface area contributed by atoms with Gasteiger partial charge in [-0.3, -0.25) is 4.79 Å². The van der Waals surface area contributed by atoms with Crippen molar-refractivity contribution in [3.63, 3.8) is 0 Å². The van der Waals surface area contributed by atoms with E-state index in [2.05, 4.69) is 0 Å². The number of primary amides is 1. The Morgan fingerprint density at radius 1 is 1.55 bits per heavy atom. The van der Waals surface area contributed by atoms with Gasteiger partial charge in [0.05, 0.1) is 0 Å². The van der Waals surface area contributed by atoms with E-state index >= 15 is 0 Å². The predicted molar refractivity (Wildman–Crippen MR) is 35.0 cm³/mol. The molecule has 0 saturated heterocycles. The SMILES string of the molecule is [NH-]C1(CC(N)=O)CC(F)(F)C1. The molecule has 0 heterocycles. The van der Waals surface area contributed by atoms with Gasteiger partial charge in [-0.05, 0) is 12.8 Å². The van der Waals surface area contributed by atoms with Crippen molar-refractivity contribution < 1.29 is 13.6 Å². The van der Waals surface area contributed by atoms with Crippen molar-refractivity contribution in [2.45, 2.75) is 30.7 Å². The summed E-state index contributed by atoms with van der Waals surface area (Å²) in [5.74, 6) is -3.44. The summed E-state index contributed by atoms with van der Waals surface area (Å²) in [6.07, 6.45) is -1.34. The minimum atomic E-state index is -2.75. The van der Waals surface area contributed by atoms with E-state index < -0.39 is 30.2 Å². The molecule has 0 aromatic rings. The second-order valence-electron chi connectivity index (χ2n) is 3.13. The van der Waals surface area contributed by atoms with Crippen LogP contribution in [0.25, 0.3) is 5.73 Å². The van der Waals surface area contributed by atoms with Gasteiger partial charge >= 0.3 is 0 Å². The lowest BCUT2D eigenvalue weighted by Crippen LogP contribution is -2.50. The van der Waals surface area contributed by atoms with Gasteiger partial charge in [0.25, 0.3) is 0 Å². The molecule has 11 heavy (non-hydrogen) atoms. The molecule has 0 bridgehead atoms. The summed E-state index contributed by atoms with van der Waals surface area (Å²) in [5, 5.41) is 0. The number of rotatable bonds is 2. The molecule has 1 aliphatic rings. The first-order chi connectivity index (χ1) is 4.83. The molecular weight excluding hydrogens is 154 g/mol. The molecule has 0 aliphatic heterocycles. The molecule has 1 amide bonds. The number of halogens is 2. The number of hydrogen-bond acceptors (Lipinski definition) is 1. The lowest BCUT2D eigenvalue weighted by Gasteiger charge is -2.51. The molecule has 0 atom stereocenters. The van der Waals surface area contributed by atoms with Crippen LogP contribution in [0.1, 0.15) is 19.3 Å².